The molecule has 0 aliphatic carbocycles. The molecule has 1 unspecified atom stereocenters. The first kappa shape index (κ1) is 22.3. The van der Waals surface area contributed by atoms with Crippen LogP contribution in [0.5, 0.6) is 11.5 Å². The summed E-state index contributed by atoms with van der Waals surface area (Å²) >= 11 is 1.42. The van der Waals surface area contributed by atoms with Crippen molar-refractivity contribution in [3.05, 3.63) is 65.2 Å². The maximum atomic E-state index is 12.6. The van der Waals surface area contributed by atoms with Gasteiger partial charge in [0.25, 0.3) is 5.91 Å². The lowest BCUT2D eigenvalue weighted by molar-refractivity contribution is -0.0292. The maximum Gasteiger partial charge on any atom is 0.270 e. The van der Waals surface area contributed by atoms with Crippen molar-refractivity contribution in [3.8, 4) is 22.1 Å². The van der Waals surface area contributed by atoms with E-state index in [1.54, 1.807) is 19.6 Å². The number of thiazole rings is 1. The third-order valence-corrected chi connectivity index (χ3v) is 6.22. The second kappa shape index (κ2) is 10.6. The van der Waals surface area contributed by atoms with E-state index in [4.69, 9.17) is 14.2 Å². The minimum atomic E-state index is -0.197. The Kier molecular flexibility index (Phi) is 7.36. The van der Waals surface area contributed by atoms with Gasteiger partial charge in [0, 0.05) is 37.1 Å². The molecule has 1 saturated heterocycles. The van der Waals surface area contributed by atoms with Gasteiger partial charge >= 0.3 is 0 Å². The summed E-state index contributed by atoms with van der Waals surface area (Å²) in [5, 5.41) is 5.49. The van der Waals surface area contributed by atoms with Gasteiger partial charge in [-0.2, -0.15) is 0 Å². The van der Waals surface area contributed by atoms with E-state index in [1.807, 2.05) is 24.3 Å². The van der Waals surface area contributed by atoms with E-state index < -0.39 is 0 Å². The van der Waals surface area contributed by atoms with Gasteiger partial charge in [0.05, 0.1) is 26.9 Å². The van der Waals surface area contributed by atoms with E-state index in [9.17, 15) is 4.79 Å². The minimum absolute atomic E-state index is 0.0413. The quantitative estimate of drug-likeness (QED) is 0.563. The molecule has 0 bridgehead atoms. The highest BCUT2D eigenvalue weighted by atomic mass is 32.1. The molecule has 4 rings (SSSR count). The molecule has 1 atom stereocenters. The Hall–Kier alpha value is -2.94. The van der Waals surface area contributed by atoms with Crippen molar-refractivity contribution < 1.29 is 19.0 Å². The number of hydrogen-bond donors (Lipinski definition) is 1. The van der Waals surface area contributed by atoms with Gasteiger partial charge in [-0.05, 0) is 23.8 Å². The second-order valence-corrected chi connectivity index (χ2v) is 8.39. The summed E-state index contributed by atoms with van der Waals surface area (Å²) in [6.07, 6.45) is -0.0413. The second-order valence-electron chi connectivity index (χ2n) is 7.53. The molecule has 168 valence electrons. The van der Waals surface area contributed by atoms with Crippen LogP contribution in [0.25, 0.3) is 10.6 Å². The van der Waals surface area contributed by atoms with Crippen LogP contribution >= 0.6 is 11.3 Å². The predicted octanol–water partition coefficient (Wildman–Crippen LogP) is 3.46. The molecule has 32 heavy (non-hydrogen) atoms. The summed E-state index contributed by atoms with van der Waals surface area (Å²) in [6, 6.07) is 16.0. The topological polar surface area (TPSA) is 72.9 Å². The van der Waals surface area contributed by atoms with Crippen LogP contribution in [0.15, 0.2) is 53.9 Å². The van der Waals surface area contributed by atoms with Crippen LogP contribution in [0.1, 0.15) is 16.1 Å². The summed E-state index contributed by atoms with van der Waals surface area (Å²) in [4.78, 5) is 19.5. The zero-order valence-corrected chi connectivity index (χ0v) is 19.1. The van der Waals surface area contributed by atoms with Crippen molar-refractivity contribution in [2.24, 2.45) is 0 Å². The molecule has 0 radical (unpaired) electrons. The first-order chi connectivity index (χ1) is 15.7. The molecule has 8 heteroatoms. The van der Waals surface area contributed by atoms with Gasteiger partial charge in [0.2, 0.25) is 0 Å². The van der Waals surface area contributed by atoms with E-state index in [1.165, 1.54) is 16.9 Å². The van der Waals surface area contributed by atoms with E-state index >= 15 is 0 Å². The van der Waals surface area contributed by atoms with Crippen molar-refractivity contribution in [3.63, 3.8) is 0 Å². The van der Waals surface area contributed by atoms with Crippen molar-refractivity contribution >= 4 is 17.2 Å². The number of nitrogens with zero attached hydrogens (tertiary/aromatic N) is 2. The van der Waals surface area contributed by atoms with Crippen molar-refractivity contribution in [1.82, 2.24) is 15.2 Å². The number of amides is 1. The lowest BCUT2D eigenvalue weighted by Gasteiger charge is -2.33. The normalized spacial score (nSPS) is 16.5. The lowest BCUT2D eigenvalue weighted by Crippen LogP contribution is -2.47. The van der Waals surface area contributed by atoms with Gasteiger partial charge in [0.15, 0.2) is 11.5 Å². The fraction of sp³-hybridized carbons (Fsp3) is 0.333. The Morgan fingerprint density at radius 1 is 1.19 bits per heavy atom. The van der Waals surface area contributed by atoms with E-state index in [0.29, 0.717) is 30.3 Å². The summed E-state index contributed by atoms with van der Waals surface area (Å²) in [5.41, 5.74) is 2.55. The van der Waals surface area contributed by atoms with Crippen LogP contribution in [0.4, 0.5) is 0 Å². The molecular formula is C24H27N3O4S. The Morgan fingerprint density at radius 3 is 2.78 bits per heavy atom. The summed E-state index contributed by atoms with van der Waals surface area (Å²) in [7, 11) is 3.19. The third-order valence-electron chi connectivity index (χ3n) is 5.33. The minimum Gasteiger partial charge on any atom is -0.493 e. The van der Waals surface area contributed by atoms with Crippen LogP contribution < -0.4 is 14.8 Å². The zero-order valence-electron chi connectivity index (χ0n) is 18.2. The highest BCUT2D eigenvalue weighted by Crippen LogP contribution is 2.33. The predicted molar refractivity (Wildman–Crippen MR) is 124 cm³/mol. The van der Waals surface area contributed by atoms with Crippen LogP contribution in [-0.2, 0) is 11.3 Å². The van der Waals surface area contributed by atoms with Crippen LogP contribution in [0.2, 0.25) is 0 Å². The molecule has 2 heterocycles. The number of nitrogens with one attached hydrogen (secondary N) is 1. The number of morpholine rings is 1. The van der Waals surface area contributed by atoms with Crippen molar-refractivity contribution in [2.75, 3.05) is 40.5 Å². The molecule has 1 aliphatic rings. The van der Waals surface area contributed by atoms with Crippen LogP contribution in [0, 0.1) is 0 Å². The molecule has 2 aromatic carbocycles. The third kappa shape index (κ3) is 5.45. The number of methoxy groups -OCH3 is 2. The van der Waals surface area contributed by atoms with E-state index in [2.05, 4.69) is 39.5 Å². The lowest BCUT2D eigenvalue weighted by atomic mass is 10.2. The van der Waals surface area contributed by atoms with Gasteiger partial charge in [-0.1, -0.05) is 30.3 Å². The molecule has 1 amide bonds. The summed E-state index contributed by atoms with van der Waals surface area (Å²) < 4.78 is 16.5. The smallest absolute Gasteiger partial charge is 0.270 e. The number of rotatable bonds is 8. The van der Waals surface area contributed by atoms with Crippen LogP contribution in [0.3, 0.4) is 0 Å². The Labute approximate surface area is 191 Å². The Balaban J connectivity index is 1.32. The monoisotopic (exact) mass is 453 g/mol. The van der Waals surface area contributed by atoms with Gasteiger partial charge in [0.1, 0.15) is 10.7 Å². The number of hydrogen-bond acceptors (Lipinski definition) is 7. The van der Waals surface area contributed by atoms with Gasteiger partial charge in [-0.25, -0.2) is 4.98 Å². The summed E-state index contributed by atoms with van der Waals surface area (Å²) in [5.74, 6) is 1.08. The maximum absolute atomic E-state index is 12.6. The Bertz CT molecular complexity index is 1040. The fourth-order valence-corrected chi connectivity index (χ4v) is 4.46. The number of ether oxygens (including phenoxy) is 3. The van der Waals surface area contributed by atoms with Crippen molar-refractivity contribution in [1.29, 1.82) is 0 Å². The molecule has 7 nitrogen and oxygen atoms in total. The molecule has 1 aliphatic heterocycles. The average molecular weight is 454 g/mol. The largest absolute Gasteiger partial charge is 0.493 e. The zero-order chi connectivity index (χ0) is 22.3. The highest BCUT2D eigenvalue weighted by molar-refractivity contribution is 7.13. The number of carbonyl (C=O) groups is 1. The van der Waals surface area contributed by atoms with Crippen LogP contribution in [-0.4, -0.2) is 62.4 Å². The molecule has 1 aromatic heterocycles. The standard InChI is InChI=1S/C24H27N3O4S/c1-29-21-9-8-18(12-22(21)30-2)24-26-20(16-32-24)23(28)25-13-19-15-27(10-11-31-19)14-17-6-4-3-5-7-17/h3-9,12,16,19H,10-11,13-15H2,1-2H3,(H,25,28). The Morgan fingerprint density at radius 2 is 2.00 bits per heavy atom. The van der Waals surface area contributed by atoms with E-state index in [-0.39, 0.29) is 12.0 Å². The first-order valence-electron chi connectivity index (χ1n) is 10.5. The van der Waals surface area contributed by atoms with Gasteiger partial charge in [-0.15, -0.1) is 11.3 Å². The molecular weight excluding hydrogens is 426 g/mol. The SMILES string of the molecule is COc1ccc(-c2nc(C(=O)NCC3CN(Cc4ccccc4)CCO3)cs2)cc1OC. The number of benzene rings is 2. The first-order valence-corrected chi connectivity index (χ1v) is 11.4. The molecule has 1 N–H and O–H groups in total. The van der Waals surface area contributed by atoms with Gasteiger partial charge in [-0.3, -0.25) is 9.69 Å². The number of aromatic nitrogens is 1. The number of carbonyl (C=O) groups excluding carboxylic acids is 1. The fourth-order valence-electron chi connectivity index (χ4n) is 3.67. The van der Waals surface area contributed by atoms with Gasteiger partial charge < -0.3 is 19.5 Å². The van der Waals surface area contributed by atoms with Crippen molar-refractivity contribution in [2.45, 2.75) is 12.6 Å². The molecule has 1 fully saturated rings. The molecule has 0 saturated carbocycles. The summed E-state index contributed by atoms with van der Waals surface area (Å²) in [6.45, 7) is 3.67. The average Bonchev–Trinajstić information content (AvgIpc) is 3.33. The molecule has 3 aromatic rings. The molecule has 0 spiro atoms. The van der Waals surface area contributed by atoms with E-state index in [0.717, 1.165) is 30.2 Å². The highest BCUT2D eigenvalue weighted by Gasteiger charge is 2.22.